The first-order valence-corrected chi connectivity index (χ1v) is 11.2. The lowest BCUT2D eigenvalue weighted by Crippen LogP contribution is -2.40. The maximum absolute atomic E-state index is 13.6. The first kappa shape index (κ1) is 22.8. The number of nitrogens with zero attached hydrogens (tertiary/aromatic N) is 4. The summed E-state index contributed by atoms with van der Waals surface area (Å²) in [6.07, 6.45) is 1.37. The Morgan fingerprint density at radius 2 is 1.88 bits per heavy atom. The fourth-order valence-electron chi connectivity index (χ4n) is 3.81. The van der Waals surface area contributed by atoms with E-state index in [1.54, 1.807) is 4.90 Å². The molecule has 0 aliphatic carbocycles. The monoisotopic (exact) mass is 450 g/mol. The van der Waals surface area contributed by atoms with Crippen LogP contribution in [0.4, 0.5) is 5.82 Å². The molecule has 0 fully saturated rings. The fourth-order valence-corrected chi connectivity index (χ4v) is 3.81. The molecular weight excluding hydrogens is 420 g/mol. The molecule has 1 amide bonds. The smallest absolute Gasteiger partial charge is 0.304 e. The van der Waals surface area contributed by atoms with Gasteiger partial charge in [0.1, 0.15) is 19.2 Å². The highest BCUT2D eigenvalue weighted by atomic mass is 16.5. The van der Waals surface area contributed by atoms with Crippen LogP contribution < -0.4 is 9.64 Å². The van der Waals surface area contributed by atoms with Gasteiger partial charge >= 0.3 is 6.01 Å². The van der Waals surface area contributed by atoms with Crippen LogP contribution in [-0.2, 0) is 17.7 Å². The summed E-state index contributed by atoms with van der Waals surface area (Å²) in [4.78, 5) is 21.8. The Morgan fingerprint density at radius 1 is 1.09 bits per heavy atom. The molecule has 174 valence electrons. The van der Waals surface area contributed by atoms with Crippen LogP contribution in [0.1, 0.15) is 35.0 Å². The van der Waals surface area contributed by atoms with Gasteiger partial charge in [0.2, 0.25) is 0 Å². The molecule has 0 saturated heterocycles. The Hall–Kier alpha value is -3.36. The van der Waals surface area contributed by atoms with E-state index >= 15 is 0 Å². The molecule has 0 unspecified atom stereocenters. The van der Waals surface area contributed by atoms with Gasteiger partial charge in [-0.25, -0.2) is 0 Å². The van der Waals surface area contributed by atoms with Crippen LogP contribution >= 0.6 is 0 Å². The van der Waals surface area contributed by atoms with E-state index in [1.165, 1.54) is 0 Å². The molecule has 1 aliphatic heterocycles. The molecule has 8 nitrogen and oxygen atoms in total. The van der Waals surface area contributed by atoms with Gasteiger partial charge in [-0.3, -0.25) is 9.36 Å². The molecule has 8 heteroatoms. The van der Waals surface area contributed by atoms with Crippen molar-refractivity contribution in [2.45, 2.75) is 26.3 Å². The van der Waals surface area contributed by atoms with Gasteiger partial charge in [0.05, 0.1) is 6.54 Å². The Balaban J connectivity index is 1.80. The number of hydrogen-bond acceptors (Lipinski definition) is 6. The summed E-state index contributed by atoms with van der Waals surface area (Å²) in [5.41, 5.74) is 2.63. The van der Waals surface area contributed by atoms with Crippen LogP contribution in [0, 0.1) is 0 Å². The van der Waals surface area contributed by atoms with Crippen LogP contribution in [0.5, 0.6) is 11.8 Å². The van der Waals surface area contributed by atoms with E-state index in [0.29, 0.717) is 42.8 Å². The fraction of sp³-hybridized carbons (Fsp3) is 0.360. The molecule has 1 aromatic heterocycles. The number of hydrogen-bond donors (Lipinski definition) is 1. The number of carbonyl (C=O) groups excluding carboxylic acids is 1. The largest absolute Gasteiger partial charge is 0.425 e. The van der Waals surface area contributed by atoms with Crippen molar-refractivity contribution >= 4 is 11.7 Å². The number of benzene rings is 2. The highest BCUT2D eigenvalue weighted by molar-refractivity contribution is 5.98. The normalized spacial score (nSPS) is 14.1. The van der Waals surface area contributed by atoms with Crippen molar-refractivity contribution in [2.24, 2.45) is 0 Å². The first-order chi connectivity index (χ1) is 16.1. The lowest BCUT2D eigenvalue weighted by atomic mass is 10.2. The van der Waals surface area contributed by atoms with Gasteiger partial charge in [-0.05, 0) is 36.1 Å². The summed E-state index contributed by atoms with van der Waals surface area (Å²) in [5.74, 6) is 0.974. The predicted octanol–water partition coefficient (Wildman–Crippen LogP) is 3.49. The highest BCUT2D eigenvalue weighted by Gasteiger charge is 2.32. The third-order valence-corrected chi connectivity index (χ3v) is 5.58. The highest BCUT2D eigenvalue weighted by Crippen LogP contribution is 2.32. The molecule has 1 N–H and O–H groups in total. The summed E-state index contributed by atoms with van der Waals surface area (Å²) in [6.45, 7) is 3.35. The molecule has 0 bridgehead atoms. The predicted molar refractivity (Wildman–Crippen MR) is 126 cm³/mol. The van der Waals surface area contributed by atoms with Gasteiger partial charge in [0.25, 0.3) is 5.91 Å². The first-order valence-electron chi connectivity index (χ1n) is 11.2. The molecule has 0 saturated carbocycles. The Morgan fingerprint density at radius 3 is 2.64 bits per heavy atom. The Labute approximate surface area is 194 Å². The maximum atomic E-state index is 13.6. The van der Waals surface area contributed by atoms with E-state index in [4.69, 9.17) is 14.5 Å². The number of fused-ring (bicyclic) bond motifs is 1. The number of imidazole rings is 1. The third kappa shape index (κ3) is 5.18. The molecular formula is C25H30N4O4. The molecule has 2 heterocycles. The lowest BCUT2D eigenvalue weighted by molar-refractivity contribution is 0.0200. The molecule has 1 aliphatic rings. The van der Waals surface area contributed by atoms with Crippen LogP contribution in [0.25, 0.3) is 0 Å². The van der Waals surface area contributed by atoms with Gasteiger partial charge in [0, 0.05) is 20.2 Å². The minimum atomic E-state index is -0.203. The van der Waals surface area contributed by atoms with Crippen molar-refractivity contribution in [3.63, 3.8) is 0 Å². The number of aromatic nitrogens is 2. The summed E-state index contributed by atoms with van der Waals surface area (Å²) < 4.78 is 13.8. The maximum Gasteiger partial charge on any atom is 0.304 e. The van der Waals surface area contributed by atoms with E-state index in [9.17, 15) is 9.90 Å². The van der Waals surface area contributed by atoms with E-state index in [-0.39, 0.29) is 26.0 Å². The van der Waals surface area contributed by atoms with E-state index in [0.717, 1.165) is 17.5 Å². The van der Waals surface area contributed by atoms with Crippen molar-refractivity contribution in [3.8, 4) is 11.8 Å². The topological polar surface area (TPSA) is 80.1 Å². The van der Waals surface area contributed by atoms with E-state index in [1.807, 2.05) is 65.0 Å². The van der Waals surface area contributed by atoms with Crippen molar-refractivity contribution in [3.05, 3.63) is 71.4 Å². The minimum Gasteiger partial charge on any atom is -0.425 e. The minimum absolute atomic E-state index is 0.00193. The third-order valence-electron chi connectivity index (χ3n) is 5.58. The number of amides is 1. The summed E-state index contributed by atoms with van der Waals surface area (Å²) >= 11 is 0. The van der Waals surface area contributed by atoms with Gasteiger partial charge < -0.3 is 24.4 Å². The molecule has 4 rings (SSSR count). The van der Waals surface area contributed by atoms with Crippen LogP contribution in [-0.4, -0.2) is 59.1 Å². The second-order valence-corrected chi connectivity index (χ2v) is 8.05. The van der Waals surface area contributed by atoms with Gasteiger partial charge in [-0.1, -0.05) is 49.4 Å². The Kier molecular flexibility index (Phi) is 7.26. The summed E-state index contributed by atoms with van der Waals surface area (Å²) in [5, 5.41) is 9.28. The number of aryl methyl sites for hydroxylation is 1. The number of aliphatic hydroxyl groups is 1. The quantitative estimate of drug-likeness (QED) is 0.566. The lowest BCUT2D eigenvalue weighted by Gasteiger charge is -2.29. The standard InChI is InChI=1S/C25H30N4O4/c1-3-19-11-7-12-21(15-19)33-25-26-23-22(29(25)16-20-9-5-4-6-10-20)24(31)28(13-8-14-30)18-32-17-27(23)2/h4-7,9-12,15,30H,3,8,13-14,16-18H2,1-2H3. The van der Waals surface area contributed by atoms with Crippen LogP contribution in [0.3, 0.4) is 0 Å². The number of aliphatic hydroxyl groups excluding tert-OH is 1. The zero-order chi connectivity index (χ0) is 23.2. The summed E-state index contributed by atoms with van der Waals surface area (Å²) in [6, 6.07) is 18.2. The SMILES string of the molecule is CCc1cccc(Oc2nc3c(n2Cc2ccccc2)C(=O)N(CCCO)COCN3C)c1. The van der Waals surface area contributed by atoms with E-state index in [2.05, 4.69) is 13.0 Å². The average Bonchev–Trinajstić information content (AvgIpc) is 3.18. The molecule has 33 heavy (non-hydrogen) atoms. The van der Waals surface area contributed by atoms with Gasteiger partial charge in [-0.15, -0.1) is 0 Å². The number of anilines is 1. The second-order valence-electron chi connectivity index (χ2n) is 8.05. The zero-order valence-corrected chi connectivity index (χ0v) is 19.1. The van der Waals surface area contributed by atoms with Crippen LogP contribution in [0.2, 0.25) is 0 Å². The van der Waals surface area contributed by atoms with Crippen molar-refractivity contribution in [1.29, 1.82) is 0 Å². The molecule has 0 atom stereocenters. The van der Waals surface area contributed by atoms with Gasteiger partial charge in [-0.2, -0.15) is 4.98 Å². The van der Waals surface area contributed by atoms with Gasteiger partial charge in [0.15, 0.2) is 11.5 Å². The number of rotatable bonds is 8. The summed E-state index contributed by atoms with van der Waals surface area (Å²) in [7, 11) is 1.84. The van der Waals surface area contributed by atoms with Crippen LogP contribution in [0.15, 0.2) is 54.6 Å². The second kappa shape index (κ2) is 10.5. The van der Waals surface area contributed by atoms with Crippen molar-refractivity contribution in [2.75, 3.05) is 38.6 Å². The number of ether oxygens (including phenoxy) is 2. The molecule has 0 radical (unpaired) electrons. The van der Waals surface area contributed by atoms with E-state index < -0.39 is 0 Å². The zero-order valence-electron chi connectivity index (χ0n) is 19.1. The molecule has 3 aromatic rings. The molecule has 2 aromatic carbocycles. The molecule has 0 spiro atoms. The van der Waals surface area contributed by atoms with Crippen molar-refractivity contribution in [1.82, 2.24) is 14.5 Å². The number of carbonyl (C=O) groups is 1. The Bertz CT molecular complexity index is 1080. The average molecular weight is 451 g/mol. The van der Waals surface area contributed by atoms with Crippen molar-refractivity contribution < 1.29 is 19.4 Å².